The maximum Gasteiger partial charge on any atom is 0.323 e. The number of nitrogens with zero attached hydrogens (tertiary/aromatic N) is 2. The summed E-state index contributed by atoms with van der Waals surface area (Å²) in [6, 6.07) is -0.227. The SMILES string of the molecule is CN(CC(=O)NC1CC1)C(=O)N(CC(=O)O)C(C)(C)C. The molecule has 1 rings (SSSR count). The molecule has 7 heteroatoms. The molecule has 1 aliphatic carbocycles. The van der Waals surface area contributed by atoms with Crippen LogP contribution in [0.1, 0.15) is 33.6 Å². The van der Waals surface area contributed by atoms with E-state index in [1.54, 1.807) is 20.8 Å². The second-order valence-electron chi connectivity index (χ2n) is 6.13. The number of hydrogen-bond donors (Lipinski definition) is 2. The van der Waals surface area contributed by atoms with E-state index in [9.17, 15) is 14.4 Å². The zero-order valence-electron chi connectivity index (χ0n) is 12.5. The van der Waals surface area contributed by atoms with Crippen molar-refractivity contribution in [1.29, 1.82) is 0 Å². The number of carboxylic acids is 1. The van der Waals surface area contributed by atoms with Crippen LogP contribution in [-0.4, -0.2) is 64.5 Å². The molecule has 0 spiro atoms. The average molecular weight is 285 g/mol. The summed E-state index contributed by atoms with van der Waals surface area (Å²) in [6.45, 7) is 4.81. The lowest BCUT2D eigenvalue weighted by Crippen LogP contribution is -2.54. The van der Waals surface area contributed by atoms with Crippen molar-refractivity contribution < 1.29 is 19.5 Å². The van der Waals surface area contributed by atoms with Crippen molar-refractivity contribution in [2.45, 2.75) is 45.2 Å². The largest absolute Gasteiger partial charge is 0.480 e. The number of urea groups is 1. The Labute approximate surface area is 118 Å². The summed E-state index contributed by atoms with van der Waals surface area (Å²) in [6.07, 6.45) is 1.97. The van der Waals surface area contributed by atoms with Crippen molar-refractivity contribution in [2.75, 3.05) is 20.1 Å². The summed E-state index contributed by atoms with van der Waals surface area (Å²) in [7, 11) is 1.50. The summed E-state index contributed by atoms with van der Waals surface area (Å²) in [5, 5.41) is 11.7. The topological polar surface area (TPSA) is 90.0 Å². The maximum atomic E-state index is 12.3. The molecular weight excluding hydrogens is 262 g/mol. The van der Waals surface area contributed by atoms with Crippen molar-refractivity contribution >= 4 is 17.9 Å². The second kappa shape index (κ2) is 6.11. The van der Waals surface area contributed by atoms with Gasteiger partial charge in [-0.3, -0.25) is 9.59 Å². The molecule has 0 bridgehead atoms. The number of likely N-dealkylation sites (N-methyl/N-ethyl adjacent to an activating group) is 1. The molecule has 114 valence electrons. The highest BCUT2D eigenvalue weighted by Crippen LogP contribution is 2.18. The first-order chi connectivity index (χ1) is 9.11. The van der Waals surface area contributed by atoms with Gasteiger partial charge in [-0.15, -0.1) is 0 Å². The van der Waals surface area contributed by atoms with E-state index in [1.807, 2.05) is 0 Å². The van der Waals surface area contributed by atoms with Gasteiger partial charge in [0.2, 0.25) is 5.91 Å². The summed E-state index contributed by atoms with van der Waals surface area (Å²) in [5.74, 6) is -1.29. The van der Waals surface area contributed by atoms with Gasteiger partial charge in [0, 0.05) is 18.6 Å². The van der Waals surface area contributed by atoms with Crippen LogP contribution in [0, 0.1) is 0 Å². The third-order valence-corrected chi connectivity index (χ3v) is 2.98. The molecule has 0 aromatic carbocycles. The van der Waals surface area contributed by atoms with Gasteiger partial charge in [0.05, 0.1) is 0 Å². The smallest absolute Gasteiger partial charge is 0.323 e. The van der Waals surface area contributed by atoms with Crippen LogP contribution >= 0.6 is 0 Å². The Kier molecular flexibility index (Phi) is 4.97. The van der Waals surface area contributed by atoms with E-state index in [0.29, 0.717) is 0 Å². The molecule has 0 radical (unpaired) electrons. The van der Waals surface area contributed by atoms with Gasteiger partial charge in [-0.05, 0) is 33.6 Å². The van der Waals surface area contributed by atoms with Gasteiger partial charge in [-0.25, -0.2) is 4.79 Å². The van der Waals surface area contributed by atoms with Crippen molar-refractivity contribution in [3.8, 4) is 0 Å². The number of carboxylic acid groups (broad SMARTS) is 1. The van der Waals surface area contributed by atoms with Crippen LogP contribution in [0.5, 0.6) is 0 Å². The van der Waals surface area contributed by atoms with Crippen molar-refractivity contribution in [2.24, 2.45) is 0 Å². The van der Waals surface area contributed by atoms with E-state index in [4.69, 9.17) is 5.11 Å². The molecule has 7 nitrogen and oxygen atoms in total. The normalized spacial score (nSPS) is 14.6. The number of hydrogen-bond acceptors (Lipinski definition) is 3. The molecule has 2 N–H and O–H groups in total. The summed E-state index contributed by atoms with van der Waals surface area (Å²) in [5.41, 5.74) is -0.628. The Hall–Kier alpha value is -1.79. The fraction of sp³-hybridized carbons (Fsp3) is 0.769. The van der Waals surface area contributed by atoms with Gasteiger partial charge in [0.15, 0.2) is 0 Å². The van der Waals surface area contributed by atoms with E-state index in [0.717, 1.165) is 12.8 Å². The van der Waals surface area contributed by atoms with Crippen LogP contribution < -0.4 is 5.32 Å². The van der Waals surface area contributed by atoms with E-state index in [-0.39, 0.29) is 18.5 Å². The Bertz CT molecular complexity index is 399. The van der Waals surface area contributed by atoms with Crippen LogP contribution in [0.3, 0.4) is 0 Å². The monoisotopic (exact) mass is 285 g/mol. The molecule has 0 aliphatic heterocycles. The molecule has 1 aliphatic rings. The van der Waals surface area contributed by atoms with Gasteiger partial charge in [0.1, 0.15) is 13.1 Å². The minimum Gasteiger partial charge on any atom is -0.480 e. The van der Waals surface area contributed by atoms with Crippen LogP contribution in [0.4, 0.5) is 4.79 Å². The van der Waals surface area contributed by atoms with E-state index in [1.165, 1.54) is 16.8 Å². The van der Waals surface area contributed by atoms with Crippen LogP contribution in [-0.2, 0) is 9.59 Å². The summed E-state index contributed by atoms with van der Waals surface area (Å²) in [4.78, 5) is 37.3. The highest BCUT2D eigenvalue weighted by Gasteiger charge is 2.31. The maximum absolute atomic E-state index is 12.3. The molecule has 0 atom stereocenters. The number of amides is 3. The first-order valence-corrected chi connectivity index (χ1v) is 6.65. The minimum atomic E-state index is -1.08. The van der Waals surface area contributed by atoms with Crippen molar-refractivity contribution in [3.05, 3.63) is 0 Å². The fourth-order valence-corrected chi connectivity index (χ4v) is 1.72. The van der Waals surface area contributed by atoms with Gasteiger partial charge in [0.25, 0.3) is 0 Å². The minimum absolute atomic E-state index is 0.0679. The first-order valence-electron chi connectivity index (χ1n) is 6.65. The molecule has 0 unspecified atom stereocenters. The van der Waals surface area contributed by atoms with Gasteiger partial charge in [-0.1, -0.05) is 0 Å². The van der Waals surface area contributed by atoms with Gasteiger partial charge in [-0.2, -0.15) is 0 Å². The standard InChI is InChI=1S/C13H23N3O4/c1-13(2,3)16(8-11(18)19)12(20)15(4)7-10(17)14-9-5-6-9/h9H,5-8H2,1-4H3,(H,14,17)(H,18,19). The number of carbonyl (C=O) groups is 3. The highest BCUT2D eigenvalue weighted by molar-refractivity contribution is 5.86. The molecule has 20 heavy (non-hydrogen) atoms. The Morgan fingerprint density at radius 2 is 1.75 bits per heavy atom. The van der Waals surface area contributed by atoms with E-state index >= 15 is 0 Å². The number of carbonyl (C=O) groups excluding carboxylic acids is 2. The molecule has 1 fully saturated rings. The number of nitrogens with one attached hydrogen (secondary N) is 1. The zero-order valence-corrected chi connectivity index (χ0v) is 12.5. The number of rotatable bonds is 5. The van der Waals surface area contributed by atoms with Gasteiger partial charge >= 0.3 is 12.0 Å². The number of aliphatic carboxylic acids is 1. The third-order valence-electron chi connectivity index (χ3n) is 2.98. The fourth-order valence-electron chi connectivity index (χ4n) is 1.72. The van der Waals surface area contributed by atoms with Crippen LogP contribution in [0.2, 0.25) is 0 Å². The Morgan fingerprint density at radius 3 is 2.15 bits per heavy atom. The summed E-state index contributed by atoms with van der Waals surface area (Å²) < 4.78 is 0. The molecule has 0 aromatic rings. The summed E-state index contributed by atoms with van der Waals surface area (Å²) >= 11 is 0. The lowest BCUT2D eigenvalue weighted by atomic mass is 10.1. The van der Waals surface area contributed by atoms with E-state index < -0.39 is 24.1 Å². The zero-order chi connectivity index (χ0) is 15.5. The third kappa shape index (κ3) is 5.07. The molecule has 3 amide bonds. The van der Waals surface area contributed by atoms with Crippen molar-refractivity contribution in [1.82, 2.24) is 15.1 Å². The quantitative estimate of drug-likeness (QED) is 0.769. The predicted molar refractivity (Wildman–Crippen MR) is 73.3 cm³/mol. The Balaban J connectivity index is 2.62. The molecule has 0 heterocycles. The van der Waals surface area contributed by atoms with E-state index in [2.05, 4.69) is 5.32 Å². The average Bonchev–Trinajstić information content (AvgIpc) is 3.06. The molecule has 0 saturated heterocycles. The van der Waals surface area contributed by atoms with Crippen LogP contribution in [0.25, 0.3) is 0 Å². The lowest BCUT2D eigenvalue weighted by Gasteiger charge is -2.37. The second-order valence-corrected chi connectivity index (χ2v) is 6.13. The van der Waals surface area contributed by atoms with Crippen LogP contribution in [0.15, 0.2) is 0 Å². The Morgan fingerprint density at radius 1 is 1.20 bits per heavy atom. The molecular formula is C13H23N3O4. The molecule has 0 aromatic heterocycles. The van der Waals surface area contributed by atoms with Gasteiger partial charge < -0.3 is 20.2 Å². The highest BCUT2D eigenvalue weighted by atomic mass is 16.4. The predicted octanol–water partition coefficient (Wildman–Crippen LogP) is 0.502. The molecule has 1 saturated carbocycles. The first kappa shape index (κ1) is 16.3. The van der Waals surface area contributed by atoms with Crippen molar-refractivity contribution in [3.63, 3.8) is 0 Å². The lowest BCUT2D eigenvalue weighted by molar-refractivity contribution is -0.138.